The van der Waals surface area contributed by atoms with E-state index in [2.05, 4.69) is 25.3 Å². The quantitative estimate of drug-likeness (QED) is 0.436. The van der Waals surface area contributed by atoms with Crippen molar-refractivity contribution >= 4 is 8.07 Å². The summed E-state index contributed by atoms with van der Waals surface area (Å²) < 4.78 is 5.06. The third-order valence-electron chi connectivity index (χ3n) is 0.831. The lowest BCUT2D eigenvalue weighted by molar-refractivity contribution is 0.270. The zero-order chi connectivity index (χ0) is 7.33. The van der Waals surface area contributed by atoms with E-state index in [0.29, 0.717) is 0 Å². The van der Waals surface area contributed by atoms with Crippen molar-refractivity contribution in [3.05, 3.63) is 12.0 Å². The van der Waals surface area contributed by atoms with Crippen LogP contribution in [-0.4, -0.2) is 14.7 Å². The topological polar surface area (TPSA) is 9.23 Å². The normalized spacial score (nSPS) is 12.4. The molecule has 9 heavy (non-hydrogen) atoms. The van der Waals surface area contributed by atoms with Gasteiger partial charge in [-0.1, -0.05) is 25.3 Å². The van der Waals surface area contributed by atoms with Crippen molar-refractivity contribution in [2.45, 2.75) is 26.6 Å². The predicted molar refractivity (Wildman–Crippen MR) is 44.1 cm³/mol. The van der Waals surface area contributed by atoms with Crippen LogP contribution < -0.4 is 0 Å². The fourth-order valence-corrected chi connectivity index (χ4v) is 0.853. The van der Waals surface area contributed by atoms with Crippen LogP contribution in [0.2, 0.25) is 19.6 Å². The van der Waals surface area contributed by atoms with Crippen LogP contribution in [0.3, 0.4) is 0 Å². The molecule has 0 aromatic rings. The van der Waals surface area contributed by atoms with Gasteiger partial charge < -0.3 is 4.74 Å². The van der Waals surface area contributed by atoms with Gasteiger partial charge in [-0.05, 0) is 6.92 Å². The van der Waals surface area contributed by atoms with Gasteiger partial charge in [-0.25, -0.2) is 0 Å². The second-order valence-electron chi connectivity index (χ2n) is 3.12. The van der Waals surface area contributed by atoms with E-state index in [1.54, 1.807) is 0 Å². The van der Waals surface area contributed by atoms with Crippen molar-refractivity contribution in [1.82, 2.24) is 0 Å². The second kappa shape index (κ2) is 3.72. The van der Waals surface area contributed by atoms with Gasteiger partial charge in [-0.15, -0.1) is 0 Å². The van der Waals surface area contributed by atoms with Gasteiger partial charge >= 0.3 is 0 Å². The van der Waals surface area contributed by atoms with Crippen molar-refractivity contribution in [2.75, 3.05) is 6.61 Å². The Labute approximate surface area is 58.7 Å². The lowest BCUT2D eigenvalue weighted by Gasteiger charge is -2.07. The van der Waals surface area contributed by atoms with E-state index in [1.807, 2.05) is 13.2 Å². The summed E-state index contributed by atoms with van der Waals surface area (Å²) in [6.07, 6.45) is 1.83. The molecule has 0 fully saturated rings. The lowest BCUT2D eigenvalue weighted by Crippen LogP contribution is -2.15. The van der Waals surface area contributed by atoms with Gasteiger partial charge in [-0.3, -0.25) is 0 Å². The molecule has 0 radical (unpaired) electrons. The van der Waals surface area contributed by atoms with E-state index in [4.69, 9.17) is 4.74 Å². The average Bonchev–Trinajstić information content (AvgIpc) is 1.63. The largest absolute Gasteiger partial charge is 0.502 e. The van der Waals surface area contributed by atoms with Gasteiger partial charge in [0.25, 0.3) is 0 Å². The summed E-state index contributed by atoms with van der Waals surface area (Å²) >= 11 is 0. The monoisotopic (exact) mass is 144 g/mol. The molecule has 54 valence electrons. The first-order chi connectivity index (χ1) is 4.06. The highest BCUT2D eigenvalue weighted by Gasteiger charge is 2.06. The maximum atomic E-state index is 5.06. The molecule has 0 spiro atoms. The molecule has 2 heteroatoms. The highest BCUT2D eigenvalue weighted by Crippen LogP contribution is 2.01. The van der Waals surface area contributed by atoms with Crippen molar-refractivity contribution < 1.29 is 4.74 Å². The number of hydrogen-bond donors (Lipinski definition) is 0. The van der Waals surface area contributed by atoms with Gasteiger partial charge in [0.15, 0.2) is 0 Å². The molecular formula is C7H16OSi. The third-order valence-corrected chi connectivity index (χ3v) is 1.97. The molecule has 1 nitrogen and oxygen atoms in total. The first-order valence-electron chi connectivity index (χ1n) is 3.35. The molecule has 0 rings (SSSR count). The molecule has 0 aromatic carbocycles. The molecule has 0 bridgehead atoms. The first kappa shape index (κ1) is 8.76. The fraction of sp³-hybridized carbons (Fsp3) is 0.714. The summed E-state index contributed by atoms with van der Waals surface area (Å²) in [5, 5.41) is 0. The highest BCUT2D eigenvalue weighted by molar-refractivity contribution is 6.80. The van der Waals surface area contributed by atoms with Crippen LogP contribution >= 0.6 is 0 Å². The molecule has 0 atom stereocenters. The number of hydrogen-bond acceptors (Lipinski definition) is 1. The highest BCUT2D eigenvalue weighted by atomic mass is 28.3. The van der Waals surface area contributed by atoms with Crippen molar-refractivity contribution in [3.8, 4) is 0 Å². The molecule has 0 aromatic heterocycles. The van der Waals surface area contributed by atoms with Crippen LogP contribution in [-0.2, 0) is 4.74 Å². The van der Waals surface area contributed by atoms with Crippen LogP contribution in [0.5, 0.6) is 0 Å². The minimum atomic E-state index is -1.00. The van der Waals surface area contributed by atoms with Crippen LogP contribution in [0.1, 0.15) is 6.92 Å². The Bertz CT molecular complexity index is 91.6. The molecule has 0 unspecified atom stereocenters. The Morgan fingerprint density at radius 1 is 1.33 bits per heavy atom. The number of rotatable bonds is 3. The summed E-state index contributed by atoms with van der Waals surface area (Å²) in [6, 6.07) is 0. The van der Waals surface area contributed by atoms with Crippen LogP contribution in [0.25, 0.3) is 0 Å². The van der Waals surface area contributed by atoms with Crippen LogP contribution in [0.4, 0.5) is 0 Å². The minimum absolute atomic E-state index is 0.779. The standard InChI is InChI=1S/C7H16OSi/c1-5-8-6-7-9(2,3)4/h6-7H,5H2,1-4H3/b7-6+. The molecule has 0 saturated heterocycles. The Kier molecular flexibility index (Phi) is 3.62. The Morgan fingerprint density at radius 3 is 2.22 bits per heavy atom. The van der Waals surface area contributed by atoms with Crippen molar-refractivity contribution in [2.24, 2.45) is 0 Å². The molecule has 0 aliphatic rings. The summed E-state index contributed by atoms with van der Waals surface area (Å²) in [4.78, 5) is 0. The molecule has 0 amide bonds. The zero-order valence-electron chi connectivity index (χ0n) is 6.77. The van der Waals surface area contributed by atoms with E-state index >= 15 is 0 Å². The molecule has 0 aliphatic heterocycles. The Balaban J connectivity index is 3.45. The fourth-order valence-electron chi connectivity index (χ4n) is 0.348. The summed E-state index contributed by atoms with van der Waals surface area (Å²) in [7, 11) is -1.00. The van der Waals surface area contributed by atoms with Gasteiger partial charge in [0.05, 0.1) is 20.9 Å². The van der Waals surface area contributed by atoms with Gasteiger partial charge in [0.1, 0.15) is 0 Å². The summed E-state index contributed by atoms with van der Waals surface area (Å²) in [6.45, 7) is 9.61. The molecule has 0 aliphatic carbocycles. The Morgan fingerprint density at radius 2 is 1.89 bits per heavy atom. The second-order valence-corrected chi connectivity index (χ2v) is 8.19. The number of ether oxygens (including phenoxy) is 1. The van der Waals surface area contributed by atoms with Crippen molar-refractivity contribution in [3.63, 3.8) is 0 Å². The first-order valence-corrected chi connectivity index (χ1v) is 6.93. The summed E-state index contributed by atoms with van der Waals surface area (Å²) in [5.74, 6) is 0. The van der Waals surface area contributed by atoms with Crippen molar-refractivity contribution in [1.29, 1.82) is 0 Å². The van der Waals surface area contributed by atoms with Crippen LogP contribution in [0.15, 0.2) is 12.0 Å². The lowest BCUT2D eigenvalue weighted by atomic mass is 10.9. The SMILES string of the molecule is CCO/C=C/[Si](C)(C)C. The Hall–Kier alpha value is -0.243. The van der Waals surface area contributed by atoms with E-state index in [-0.39, 0.29) is 0 Å². The smallest absolute Gasteiger partial charge is 0.0844 e. The summed E-state index contributed by atoms with van der Waals surface area (Å²) in [5.41, 5.74) is 2.19. The average molecular weight is 144 g/mol. The van der Waals surface area contributed by atoms with E-state index in [1.165, 1.54) is 0 Å². The maximum absolute atomic E-state index is 5.06. The minimum Gasteiger partial charge on any atom is -0.502 e. The van der Waals surface area contributed by atoms with Crippen LogP contribution in [0, 0.1) is 0 Å². The van der Waals surface area contributed by atoms with Gasteiger partial charge in [-0.2, -0.15) is 0 Å². The molecule has 0 heterocycles. The van der Waals surface area contributed by atoms with Gasteiger partial charge in [0.2, 0.25) is 0 Å². The molecular weight excluding hydrogens is 128 g/mol. The van der Waals surface area contributed by atoms with E-state index in [9.17, 15) is 0 Å². The predicted octanol–water partition coefficient (Wildman–Crippen LogP) is 2.41. The van der Waals surface area contributed by atoms with E-state index in [0.717, 1.165) is 6.61 Å². The third kappa shape index (κ3) is 7.76. The van der Waals surface area contributed by atoms with Gasteiger partial charge in [0, 0.05) is 0 Å². The molecule has 0 N–H and O–H groups in total. The van der Waals surface area contributed by atoms with E-state index < -0.39 is 8.07 Å². The zero-order valence-corrected chi connectivity index (χ0v) is 7.77. The maximum Gasteiger partial charge on any atom is 0.0844 e. The molecule has 0 saturated carbocycles.